The molecule has 0 unspecified atom stereocenters. The Bertz CT molecular complexity index is 1380. The number of nitrogens with one attached hydrogen (secondary N) is 1. The summed E-state index contributed by atoms with van der Waals surface area (Å²) < 4.78 is 31.3. The number of nitrogens with zero attached hydrogens (tertiary/aromatic N) is 3. The van der Waals surface area contributed by atoms with Gasteiger partial charge in [-0.1, -0.05) is 41.6 Å². The van der Waals surface area contributed by atoms with Gasteiger partial charge in [-0.05, 0) is 43.3 Å². The van der Waals surface area contributed by atoms with E-state index in [4.69, 9.17) is 0 Å². The third-order valence-corrected chi connectivity index (χ3v) is 6.02. The molecule has 0 aliphatic carbocycles. The van der Waals surface area contributed by atoms with E-state index >= 15 is 0 Å². The second-order valence-corrected chi connectivity index (χ2v) is 8.59. The lowest BCUT2D eigenvalue weighted by atomic mass is 10.1. The third kappa shape index (κ3) is 6.05. The topological polar surface area (TPSA) is 99.3 Å². The summed E-state index contributed by atoms with van der Waals surface area (Å²) >= 11 is 1.17. The highest BCUT2D eigenvalue weighted by atomic mass is 32.2. The number of nitro benzene ring substituents is 1. The molecule has 0 atom stereocenters. The van der Waals surface area contributed by atoms with Crippen LogP contribution in [0.25, 0.3) is 16.9 Å². The largest absolute Gasteiger partial charge is 0.435 e. The lowest BCUT2D eigenvalue weighted by Crippen LogP contribution is -2.14. The fourth-order valence-corrected chi connectivity index (χ4v) is 4.20. The van der Waals surface area contributed by atoms with Crippen LogP contribution in [0.3, 0.4) is 0 Å². The quantitative estimate of drug-likeness (QED) is 0.166. The highest BCUT2D eigenvalue weighted by Gasteiger charge is 2.18. The number of amides is 1. The van der Waals surface area contributed by atoms with Crippen molar-refractivity contribution in [3.8, 4) is 22.7 Å². The second-order valence-electron chi connectivity index (χ2n) is 7.64. The molecular weight excluding hydrogens is 490 g/mol. The van der Waals surface area contributed by atoms with E-state index < -0.39 is 11.5 Å². The van der Waals surface area contributed by atoms with Gasteiger partial charge in [0.1, 0.15) is 5.75 Å². The minimum Gasteiger partial charge on any atom is -0.435 e. The van der Waals surface area contributed by atoms with E-state index in [2.05, 4.69) is 15.0 Å². The molecule has 1 N–H and O–H groups in total. The summed E-state index contributed by atoms with van der Waals surface area (Å²) in [4.78, 5) is 27.7. The number of hydrogen-bond acceptors (Lipinski definition) is 6. The number of anilines is 1. The minimum absolute atomic E-state index is 0.0163. The molecule has 11 heteroatoms. The van der Waals surface area contributed by atoms with Gasteiger partial charge in [0, 0.05) is 29.1 Å². The summed E-state index contributed by atoms with van der Waals surface area (Å²) in [5.74, 6) is -0.209. The van der Waals surface area contributed by atoms with E-state index in [0.717, 1.165) is 5.56 Å². The highest BCUT2D eigenvalue weighted by molar-refractivity contribution is 7.99. The molecule has 1 amide bonds. The van der Waals surface area contributed by atoms with E-state index in [9.17, 15) is 23.7 Å². The Labute approximate surface area is 209 Å². The van der Waals surface area contributed by atoms with Crippen LogP contribution in [0.5, 0.6) is 5.75 Å². The number of aromatic nitrogens is 2. The number of thioether (sulfide) groups is 1. The number of imidazole rings is 1. The lowest BCUT2D eigenvalue weighted by Gasteiger charge is -2.13. The third-order valence-electron chi connectivity index (χ3n) is 5.07. The van der Waals surface area contributed by atoms with E-state index in [1.165, 1.54) is 36.0 Å². The normalized spacial score (nSPS) is 10.9. The first-order valence-corrected chi connectivity index (χ1v) is 11.7. The zero-order valence-corrected chi connectivity index (χ0v) is 19.7. The smallest absolute Gasteiger partial charge is 0.387 e. The van der Waals surface area contributed by atoms with Gasteiger partial charge in [-0.25, -0.2) is 4.98 Å². The van der Waals surface area contributed by atoms with E-state index in [1.807, 2.05) is 31.2 Å². The zero-order valence-electron chi connectivity index (χ0n) is 18.9. The van der Waals surface area contributed by atoms with Crippen molar-refractivity contribution in [3.63, 3.8) is 0 Å². The van der Waals surface area contributed by atoms with Crippen molar-refractivity contribution in [2.75, 3.05) is 11.1 Å². The molecule has 0 saturated carbocycles. The number of rotatable bonds is 9. The number of alkyl halides is 2. The number of benzene rings is 3. The molecule has 1 heterocycles. The highest BCUT2D eigenvalue weighted by Crippen LogP contribution is 2.32. The number of carbonyl (C=O) groups excluding carboxylic acids is 1. The van der Waals surface area contributed by atoms with Crippen LogP contribution in [0.4, 0.5) is 20.2 Å². The van der Waals surface area contributed by atoms with Gasteiger partial charge in [0.2, 0.25) is 5.91 Å². The monoisotopic (exact) mass is 510 g/mol. The molecule has 0 spiro atoms. The predicted molar refractivity (Wildman–Crippen MR) is 133 cm³/mol. The van der Waals surface area contributed by atoms with Crippen LogP contribution in [-0.2, 0) is 4.79 Å². The van der Waals surface area contributed by atoms with Gasteiger partial charge >= 0.3 is 6.61 Å². The Kier molecular flexibility index (Phi) is 7.59. The summed E-state index contributed by atoms with van der Waals surface area (Å²) in [6, 6.07) is 19.4. The molecule has 0 aliphatic rings. The Morgan fingerprint density at radius 3 is 2.53 bits per heavy atom. The van der Waals surface area contributed by atoms with Gasteiger partial charge in [-0.2, -0.15) is 8.78 Å². The maximum Gasteiger partial charge on any atom is 0.387 e. The minimum atomic E-state index is -2.96. The van der Waals surface area contributed by atoms with Crippen LogP contribution in [0.15, 0.2) is 84.1 Å². The average Bonchev–Trinajstić information content (AvgIpc) is 3.28. The summed E-state index contributed by atoms with van der Waals surface area (Å²) in [6.07, 6.45) is 1.54. The molecule has 0 radical (unpaired) electrons. The van der Waals surface area contributed by atoms with Crippen molar-refractivity contribution < 1.29 is 23.2 Å². The fourth-order valence-electron chi connectivity index (χ4n) is 3.41. The number of ether oxygens (including phenoxy) is 1. The molecule has 8 nitrogen and oxygen atoms in total. The van der Waals surface area contributed by atoms with E-state index in [-0.39, 0.29) is 23.1 Å². The van der Waals surface area contributed by atoms with Crippen molar-refractivity contribution in [1.29, 1.82) is 0 Å². The first-order chi connectivity index (χ1) is 17.3. The predicted octanol–water partition coefficient (Wildman–Crippen LogP) is 6.09. The van der Waals surface area contributed by atoms with Crippen molar-refractivity contribution in [2.45, 2.75) is 18.7 Å². The van der Waals surface area contributed by atoms with E-state index in [1.54, 1.807) is 35.0 Å². The number of halogens is 2. The zero-order chi connectivity index (χ0) is 25.7. The lowest BCUT2D eigenvalue weighted by molar-refractivity contribution is -0.384. The molecule has 0 bridgehead atoms. The van der Waals surface area contributed by atoms with Crippen LogP contribution in [0.1, 0.15) is 5.56 Å². The summed E-state index contributed by atoms with van der Waals surface area (Å²) in [5.41, 5.74) is 3.26. The van der Waals surface area contributed by atoms with Gasteiger partial charge in [0.05, 0.1) is 22.6 Å². The summed E-state index contributed by atoms with van der Waals surface area (Å²) in [7, 11) is 0. The van der Waals surface area contributed by atoms with Gasteiger partial charge in [0.25, 0.3) is 5.69 Å². The second kappa shape index (κ2) is 11.0. The molecule has 0 fully saturated rings. The fraction of sp³-hybridized carbons (Fsp3) is 0.120. The SMILES string of the molecule is Cc1ccc(NC(=O)CSc2ncc(-c3cccc([N+](=O)[O-])c3)n2-c2ccc(OC(F)F)cc2)cc1. The Balaban J connectivity index is 1.64. The first-order valence-electron chi connectivity index (χ1n) is 10.7. The van der Waals surface area contributed by atoms with Crippen LogP contribution in [-0.4, -0.2) is 32.7 Å². The van der Waals surface area contributed by atoms with Gasteiger partial charge < -0.3 is 10.1 Å². The molecule has 4 aromatic rings. The molecule has 184 valence electrons. The van der Waals surface area contributed by atoms with Crippen LogP contribution in [0, 0.1) is 17.0 Å². The number of carbonyl (C=O) groups is 1. The maximum absolute atomic E-state index is 12.6. The summed E-state index contributed by atoms with van der Waals surface area (Å²) in [5, 5.41) is 14.5. The number of nitro groups is 1. The standard InChI is InChI=1S/C25H20F2N4O4S/c1-16-5-7-18(8-6-16)29-23(32)15-36-25-28-14-22(17-3-2-4-20(13-17)31(33)34)30(25)19-9-11-21(12-10-19)35-24(26)27/h2-14,24H,15H2,1H3,(H,29,32). The molecular formula is C25H20F2N4O4S. The number of non-ortho nitro benzene ring substituents is 1. The van der Waals surface area contributed by atoms with Gasteiger partial charge in [-0.15, -0.1) is 0 Å². The van der Waals surface area contributed by atoms with Crippen LogP contribution in [0.2, 0.25) is 0 Å². The average molecular weight is 511 g/mol. The molecule has 1 aromatic heterocycles. The van der Waals surface area contributed by atoms with E-state index in [0.29, 0.717) is 27.8 Å². The first kappa shape index (κ1) is 24.9. The Morgan fingerprint density at radius 2 is 1.86 bits per heavy atom. The molecule has 0 saturated heterocycles. The number of aryl methyl sites for hydroxylation is 1. The van der Waals surface area contributed by atoms with Crippen molar-refractivity contribution in [1.82, 2.24) is 9.55 Å². The molecule has 0 aliphatic heterocycles. The van der Waals surface area contributed by atoms with Gasteiger partial charge in [-0.3, -0.25) is 19.5 Å². The van der Waals surface area contributed by atoms with Gasteiger partial charge in [0.15, 0.2) is 5.16 Å². The Morgan fingerprint density at radius 1 is 1.14 bits per heavy atom. The molecule has 36 heavy (non-hydrogen) atoms. The maximum atomic E-state index is 12.6. The van der Waals surface area contributed by atoms with Crippen molar-refractivity contribution >= 4 is 29.0 Å². The summed E-state index contributed by atoms with van der Waals surface area (Å²) in [6.45, 7) is -1.01. The van der Waals surface area contributed by atoms with Crippen molar-refractivity contribution in [2.24, 2.45) is 0 Å². The number of hydrogen-bond donors (Lipinski definition) is 1. The van der Waals surface area contributed by atoms with Crippen LogP contribution >= 0.6 is 11.8 Å². The molecule has 4 rings (SSSR count). The van der Waals surface area contributed by atoms with Crippen molar-refractivity contribution in [3.05, 3.63) is 94.7 Å². The van der Waals surface area contributed by atoms with Crippen LogP contribution < -0.4 is 10.1 Å². The molecule has 3 aromatic carbocycles. The Hall–Kier alpha value is -4.25.